The van der Waals surface area contributed by atoms with Crippen LogP contribution in [0.25, 0.3) is 0 Å². The van der Waals surface area contributed by atoms with E-state index in [1.165, 1.54) is 11.1 Å². The molecule has 0 fully saturated rings. The fourth-order valence-electron chi connectivity index (χ4n) is 1.79. The molecule has 0 aliphatic carbocycles. The van der Waals surface area contributed by atoms with Crippen LogP contribution in [0.1, 0.15) is 30.9 Å². The third kappa shape index (κ3) is 6.20. The van der Waals surface area contributed by atoms with Gasteiger partial charge >= 0.3 is 0 Å². The van der Waals surface area contributed by atoms with Gasteiger partial charge in [-0.3, -0.25) is 4.79 Å². The molecule has 0 heterocycles. The maximum atomic E-state index is 11.7. The first kappa shape index (κ1) is 15.2. The molecule has 0 aromatic heterocycles. The number of carbonyl (C=O) groups is 1. The average Bonchev–Trinajstić information content (AvgIpc) is 2.34. The number of alkyl halides is 1. The highest BCUT2D eigenvalue weighted by Gasteiger charge is 2.05. The predicted molar refractivity (Wildman–Crippen MR) is 80.1 cm³/mol. The van der Waals surface area contributed by atoms with Crippen molar-refractivity contribution in [3.8, 4) is 0 Å². The Morgan fingerprint density at radius 3 is 2.89 bits per heavy atom. The summed E-state index contributed by atoms with van der Waals surface area (Å²) in [7, 11) is 0. The second-order valence-corrected chi connectivity index (χ2v) is 5.67. The van der Waals surface area contributed by atoms with Crippen LogP contribution in [0, 0.1) is 12.8 Å². The van der Waals surface area contributed by atoms with Crippen LogP contribution in [0.15, 0.2) is 24.3 Å². The van der Waals surface area contributed by atoms with Crippen molar-refractivity contribution in [3.05, 3.63) is 35.4 Å². The van der Waals surface area contributed by atoms with E-state index in [1.54, 1.807) is 0 Å². The van der Waals surface area contributed by atoms with Crippen molar-refractivity contribution in [3.63, 3.8) is 0 Å². The summed E-state index contributed by atoms with van der Waals surface area (Å²) in [5.74, 6) is 0.685. The molecule has 100 valence electrons. The summed E-state index contributed by atoms with van der Waals surface area (Å²) in [5, 5.41) is 3.99. The zero-order valence-corrected chi connectivity index (χ0v) is 12.8. The zero-order valence-electron chi connectivity index (χ0n) is 11.2. The number of hydrogen-bond acceptors (Lipinski definition) is 1. The Kier molecular flexibility index (Phi) is 7.02. The molecule has 1 amide bonds. The van der Waals surface area contributed by atoms with Gasteiger partial charge < -0.3 is 5.32 Å². The smallest absolute Gasteiger partial charge is 0.220 e. The van der Waals surface area contributed by atoms with Gasteiger partial charge in [-0.25, -0.2) is 0 Å². The highest BCUT2D eigenvalue weighted by molar-refractivity contribution is 9.09. The second-order valence-electron chi connectivity index (χ2n) is 4.88. The van der Waals surface area contributed by atoms with Crippen LogP contribution in [0.5, 0.6) is 0 Å². The number of hydrogen-bond donors (Lipinski definition) is 1. The summed E-state index contributed by atoms with van der Waals surface area (Å²) < 4.78 is 0. The summed E-state index contributed by atoms with van der Waals surface area (Å²) in [4.78, 5) is 11.7. The van der Waals surface area contributed by atoms with E-state index in [0.29, 0.717) is 12.3 Å². The van der Waals surface area contributed by atoms with Crippen LogP contribution in [-0.2, 0) is 11.2 Å². The first-order chi connectivity index (χ1) is 8.61. The monoisotopic (exact) mass is 311 g/mol. The van der Waals surface area contributed by atoms with Crippen LogP contribution in [-0.4, -0.2) is 17.8 Å². The van der Waals surface area contributed by atoms with Gasteiger partial charge in [0.1, 0.15) is 0 Å². The van der Waals surface area contributed by atoms with Crippen LogP contribution in [0.3, 0.4) is 0 Å². The van der Waals surface area contributed by atoms with Gasteiger partial charge in [-0.1, -0.05) is 52.7 Å². The molecule has 0 saturated carbocycles. The maximum Gasteiger partial charge on any atom is 0.220 e. The quantitative estimate of drug-likeness (QED) is 0.768. The number of halogens is 1. The van der Waals surface area contributed by atoms with Gasteiger partial charge in [-0.2, -0.15) is 0 Å². The van der Waals surface area contributed by atoms with Gasteiger partial charge in [0, 0.05) is 18.3 Å². The van der Waals surface area contributed by atoms with E-state index in [4.69, 9.17) is 0 Å². The Bertz CT molecular complexity index is 379. The molecule has 0 aliphatic heterocycles. The molecule has 3 heteroatoms. The summed E-state index contributed by atoms with van der Waals surface area (Å²) in [6, 6.07) is 8.33. The number of aryl methyl sites for hydroxylation is 2. The number of nitrogens with one attached hydrogen (secondary N) is 1. The normalized spacial score (nSPS) is 12.2. The molecule has 0 aliphatic rings. The van der Waals surface area contributed by atoms with Crippen molar-refractivity contribution in [1.29, 1.82) is 0 Å². The zero-order chi connectivity index (χ0) is 13.4. The minimum absolute atomic E-state index is 0.151. The fourth-order valence-corrected chi connectivity index (χ4v) is 2.57. The summed E-state index contributed by atoms with van der Waals surface area (Å²) >= 11 is 3.41. The number of carbonyl (C=O) groups excluding carboxylic acids is 1. The van der Waals surface area contributed by atoms with Crippen LogP contribution >= 0.6 is 15.9 Å². The van der Waals surface area contributed by atoms with Crippen molar-refractivity contribution in [2.24, 2.45) is 5.92 Å². The van der Waals surface area contributed by atoms with E-state index in [2.05, 4.69) is 53.3 Å². The lowest BCUT2D eigenvalue weighted by atomic mass is 10.1. The molecule has 0 saturated heterocycles. The number of amides is 1. The lowest BCUT2D eigenvalue weighted by molar-refractivity contribution is -0.121. The molecule has 0 radical (unpaired) electrons. The van der Waals surface area contributed by atoms with Crippen LogP contribution in [0.2, 0.25) is 0 Å². The van der Waals surface area contributed by atoms with Gasteiger partial charge in [-0.05, 0) is 31.2 Å². The Labute approximate surface area is 118 Å². The molecular formula is C15H22BrNO. The van der Waals surface area contributed by atoms with E-state index in [0.717, 1.165) is 24.7 Å². The summed E-state index contributed by atoms with van der Waals surface area (Å²) in [6.45, 7) is 5.01. The molecule has 2 nitrogen and oxygen atoms in total. The van der Waals surface area contributed by atoms with Crippen LogP contribution in [0.4, 0.5) is 0 Å². The highest BCUT2D eigenvalue weighted by atomic mass is 79.9. The molecule has 1 aromatic rings. The third-order valence-corrected chi connectivity index (χ3v) is 3.43. The van der Waals surface area contributed by atoms with Gasteiger partial charge in [0.25, 0.3) is 0 Å². The van der Waals surface area contributed by atoms with E-state index < -0.39 is 0 Å². The van der Waals surface area contributed by atoms with Crippen molar-refractivity contribution in [1.82, 2.24) is 5.32 Å². The summed E-state index contributed by atoms with van der Waals surface area (Å²) in [6.07, 6.45) is 2.49. The second kappa shape index (κ2) is 8.30. The molecule has 1 N–H and O–H groups in total. The maximum absolute atomic E-state index is 11.7. The van der Waals surface area contributed by atoms with Gasteiger partial charge in [0.05, 0.1) is 0 Å². The Balaban J connectivity index is 2.25. The first-order valence-electron chi connectivity index (χ1n) is 6.50. The topological polar surface area (TPSA) is 29.1 Å². The lowest BCUT2D eigenvalue weighted by Gasteiger charge is -2.11. The largest absolute Gasteiger partial charge is 0.356 e. The van der Waals surface area contributed by atoms with Gasteiger partial charge in [-0.15, -0.1) is 0 Å². The first-order valence-corrected chi connectivity index (χ1v) is 7.62. The lowest BCUT2D eigenvalue weighted by Crippen LogP contribution is -2.28. The van der Waals surface area contributed by atoms with Crippen molar-refractivity contribution in [2.75, 3.05) is 11.9 Å². The van der Waals surface area contributed by atoms with Crippen LogP contribution < -0.4 is 5.32 Å². The van der Waals surface area contributed by atoms with Crippen molar-refractivity contribution >= 4 is 21.8 Å². The Morgan fingerprint density at radius 1 is 1.44 bits per heavy atom. The number of rotatable bonds is 7. The van der Waals surface area contributed by atoms with Gasteiger partial charge in [0.15, 0.2) is 0 Å². The molecule has 0 bridgehead atoms. The minimum Gasteiger partial charge on any atom is -0.356 e. The molecular weight excluding hydrogens is 290 g/mol. The molecule has 1 rings (SSSR count). The molecule has 1 unspecified atom stereocenters. The van der Waals surface area contributed by atoms with Gasteiger partial charge in [0.2, 0.25) is 5.91 Å². The molecule has 1 atom stereocenters. The standard InChI is InChI=1S/C15H22BrNO/c1-12-4-3-5-14(10-12)6-7-15(18)17-11-13(2)8-9-16/h3-5,10,13H,6-9,11H2,1-2H3,(H,17,18). The third-order valence-electron chi connectivity index (χ3n) is 2.97. The SMILES string of the molecule is Cc1cccc(CCC(=O)NCC(C)CCBr)c1. The van der Waals surface area contributed by atoms with Crippen molar-refractivity contribution in [2.45, 2.75) is 33.1 Å². The Morgan fingerprint density at radius 2 is 2.22 bits per heavy atom. The average molecular weight is 312 g/mol. The fraction of sp³-hybridized carbons (Fsp3) is 0.533. The molecule has 1 aromatic carbocycles. The van der Waals surface area contributed by atoms with E-state index in [9.17, 15) is 4.79 Å². The molecule has 18 heavy (non-hydrogen) atoms. The number of benzene rings is 1. The van der Waals surface area contributed by atoms with E-state index in [1.807, 2.05) is 6.07 Å². The summed E-state index contributed by atoms with van der Waals surface area (Å²) in [5.41, 5.74) is 2.48. The van der Waals surface area contributed by atoms with E-state index >= 15 is 0 Å². The predicted octanol–water partition coefficient (Wildman–Crippen LogP) is 3.46. The van der Waals surface area contributed by atoms with Crippen molar-refractivity contribution < 1.29 is 4.79 Å². The Hall–Kier alpha value is -0.830. The highest BCUT2D eigenvalue weighted by Crippen LogP contribution is 2.07. The minimum atomic E-state index is 0.151. The van der Waals surface area contributed by atoms with E-state index in [-0.39, 0.29) is 5.91 Å². The molecule has 0 spiro atoms.